The van der Waals surface area contributed by atoms with Crippen LogP contribution in [0.2, 0.25) is 0 Å². The third kappa shape index (κ3) is 3.27. The molecule has 0 spiro atoms. The molecule has 1 atom stereocenters. The Morgan fingerprint density at radius 3 is 2.86 bits per heavy atom. The van der Waals surface area contributed by atoms with Crippen molar-refractivity contribution in [1.82, 2.24) is 0 Å². The van der Waals surface area contributed by atoms with E-state index in [0.29, 0.717) is 0 Å². The monoisotopic (exact) mass is 344 g/mol. The van der Waals surface area contributed by atoms with E-state index in [-0.39, 0.29) is 11.9 Å². The van der Waals surface area contributed by atoms with Gasteiger partial charge in [-0.05, 0) is 55.2 Å². The minimum Gasteiger partial charge on any atom is -0.374 e. The van der Waals surface area contributed by atoms with E-state index in [1.807, 2.05) is 37.3 Å². The molecular weight excluding hydrogens is 328 g/mol. The third-order valence-electron chi connectivity index (χ3n) is 3.68. The Labute approximate surface area is 132 Å². The number of nitrogens with one attached hydrogen (secondary N) is 2. The molecule has 0 radical (unpaired) electrons. The molecular formula is C17H17BrN2O. The molecule has 2 aromatic carbocycles. The van der Waals surface area contributed by atoms with Crippen LogP contribution in [0.1, 0.15) is 17.5 Å². The quantitative estimate of drug-likeness (QED) is 0.860. The zero-order valence-electron chi connectivity index (χ0n) is 11.8. The molecule has 1 heterocycles. The Kier molecular flexibility index (Phi) is 3.97. The van der Waals surface area contributed by atoms with E-state index < -0.39 is 0 Å². The molecule has 3 rings (SSSR count). The molecule has 0 saturated carbocycles. The Balaban J connectivity index is 1.79. The van der Waals surface area contributed by atoms with Crippen LogP contribution in [0, 0.1) is 6.92 Å². The van der Waals surface area contributed by atoms with Gasteiger partial charge >= 0.3 is 0 Å². The van der Waals surface area contributed by atoms with Crippen LogP contribution >= 0.6 is 15.9 Å². The Morgan fingerprint density at radius 1 is 1.24 bits per heavy atom. The number of fused-ring (bicyclic) bond motifs is 1. The van der Waals surface area contributed by atoms with Gasteiger partial charge in [-0.2, -0.15) is 0 Å². The van der Waals surface area contributed by atoms with E-state index in [1.54, 1.807) is 0 Å². The highest BCUT2D eigenvalue weighted by atomic mass is 79.9. The van der Waals surface area contributed by atoms with Crippen molar-refractivity contribution in [2.75, 3.05) is 10.6 Å². The van der Waals surface area contributed by atoms with Crippen LogP contribution in [-0.2, 0) is 11.2 Å². The molecule has 1 aliphatic heterocycles. The van der Waals surface area contributed by atoms with Gasteiger partial charge in [0.1, 0.15) is 6.04 Å². The standard InChI is InChI=1S/C17H17BrN2O/c1-11-8-13(18)10-14(9-11)19-16-7-6-12-4-2-3-5-15(12)20-17(16)21/h2-5,8-10,16,19H,6-7H2,1H3,(H,20,21). The molecule has 21 heavy (non-hydrogen) atoms. The summed E-state index contributed by atoms with van der Waals surface area (Å²) in [6.45, 7) is 2.04. The van der Waals surface area contributed by atoms with E-state index in [0.717, 1.165) is 34.3 Å². The average molecular weight is 345 g/mol. The normalized spacial score (nSPS) is 17.6. The van der Waals surface area contributed by atoms with Crippen LogP contribution in [0.3, 0.4) is 0 Å². The van der Waals surface area contributed by atoms with Crippen LogP contribution in [0.15, 0.2) is 46.9 Å². The molecule has 2 N–H and O–H groups in total. The maximum absolute atomic E-state index is 12.4. The summed E-state index contributed by atoms with van der Waals surface area (Å²) in [5.41, 5.74) is 4.25. The van der Waals surface area contributed by atoms with Gasteiger partial charge in [-0.25, -0.2) is 0 Å². The largest absolute Gasteiger partial charge is 0.374 e. The van der Waals surface area contributed by atoms with E-state index in [4.69, 9.17) is 0 Å². The van der Waals surface area contributed by atoms with E-state index in [9.17, 15) is 4.79 Å². The van der Waals surface area contributed by atoms with Crippen molar-refractivity contribution in [2.24, 2.45) is 0 Å². The predicted octanol–water partition coefficient (Wildman–Crippen LogP) is 4.12. The summed E-state index contributed by atoms with van der Waals surface area (Å²) >= 11 is 3.49. The lowest BCUT2D eigenvalue weighted by molar-refractivity contribution is -0.116. The maximum Gasteiger partial charge on any atom is 0.246 e. The molecule has 0 bridgehead atoms. The summed E-state index contributed by atoms with van der Waals surface area (Å²) in [6.07, 6.45) is 1.67. The SMILES string of the molecule is Cc1cc(Br)cc(NC2CCc3ccccc3NC2=O)c1. The highest BCUT2D eigenvalue weighted by Crippen LogP contribution is 2.25. The number of rotatable bonds is 2. The first-order chi connectivity index (χ1) is 10.1. The minimum absolute atomic E-state index is 0.0255. The van der Waals surface area contributed by atoms with Gasteiger partial charge in [0.15, 0.2) is 0 Å². The van der Waals surface area contributed by atoms with Crippen molar-refractivity contribution in [1.29, 1.82) is 0 Å². The summed E-state index contributed by atoms with van der Waals surface area (Å²) in [5, 5.41) is 6.35. The lowest BCUT2D eigenvalue weighted by Gasteiger charge is -2.17. The Bertz CT molecular complexity index is 664. The van der Waals surface area contributed by atoms with Gasteiger partial charge in [-0.3, -0.25) is 4.79 Å². The molecule has 0 aromatic heterocycles. The highest BCUT2D eigenvalue weighted by molar-refractivity contribution is 9.10. The van der Waals surface area contributed by atoms with Gasteiger partial charge in [0.05, 0.1) is 0 Å². The van der Waals surface area contributed by atoms with E-state index in [2.05, 4.69) is 38.7 Å². The fourth-order valence-corrected chi connectivity index (χ4v) is 3.28. The lowest BCUT2D eigenvalue weighted by atomic mass is 10.1. The predicted molar refractivity (Wildman–Crippen MR) is 89.7 cm³/mol. The summed E-state index contributed by atoms with van der Waals surface area (Å²) in [6, 6.07) is 13.9. The third-order valence-corrected chi connectivity index (χ3v) is 4.13. The van der Waals surface area contributed by atoms with Crippen molar-refractivity contribution in [2.45, 2.75) is 25.8 Å². The first kappa shape index (κ1) is 14.1. The van der Waals surface area contributed by atoms with Gasteiger partial charge < -0.3 is 10.6 Å². The number of halogens is 1. The fourth-order valence-electron chi connectivity index (χ4n) is 2.67. The molecule has 1 aliphatic rings. The van der Waals surface area contributed by atoms with Gasteiger partial charge in [0, 0.05) is 15.8 Å². The second-order valence-electron chi connectivity index (χ2n) is 5.40. The van der Waals surface area contributed by atoms with Crippen molar-refractivity contribution < 1.29 is 4.79 Å². The molecule has 1 amide bonds. The summed E-state index contributed by atoms with van der Waals surface area (Å²) in [4.78, 5) is 12.4. The fraction of sp³-hybridized carbons (Fsp3) is 0.235. The van der Waals surface area contributed by atoms with Crippen LogP contribution < -0.4 is 10.6 Å². The van der Waals surface area contributed by atoms with Crippen LogP contribution in [0.5, 0.6) is 0 Å². The lowest BCUT2D eigenvalue weighted by Crippen LogP contribution is -2.33. The molecule has 0 fully saturated rings. The van der Waals surface area contributed by atoms with Crippen molar-refractivity contribution in [3.05, 3.63) is 58.1 Å². The van der Waals surface area contributed by atoms with Gasteiger partial charge in [0.2, 0.25) is 5.91 Å². The first-order valence-corrected chi connectivity index (χ1v) is 7.83. The van der Waals surface area contributed by atoms with E-state index in [1.165, 1.54) is 5.56 Å². The summed E-state index contributed by atoms with van der Waals surface area (Å²) < 4.78 is 1.02. The maximum atomic E-state index is 12.4. The number of benzene rings is 2. The summed E-state index contributed by atoms with van der Waals surface area (Å²) in [5.74, 6) is 0.0255. The molecule has 108 valence electrons. The smallest absolute Gasteiger partial charge is 0.246 e. The van der Waals surface area contributed by atoms with Gasteiger partial charge in [-0.15, -0.1) is 0 Å². The minimum atomic E-state index is -0.217. The molecule has 0 saturated heterocycles. The molecule has 4 heteroatoms. The molecule has 1 unspecified atom stereocenters. The Morgan fingerprint density at radius 2 is 2.05 bits per heavy atom. The zero-order chi connectivity index (χ0) is 14.8. The van der Waals surface area contributed by atoms with Gasteiger partial charge in [0.25, 0.3) is 0 Å². The van der Waals surface area contributed by atoms with Gasteiger partial charge in [-0.1, -0.05) is 34.1 Å². The molecule has 0 aliphatic carbocycles. The number of para-hydroxylation sites is 1. The second kappa shape index (κ2) is 5.90. The first-order valence-electron chi connectivity index (χ1n) is 7.04. The molecule has 3 nitrogen and oxygen atoms in total. The number of hydrogen-bond donors (Lipinski definition) is 2. The van der Waals surface area contributed by atoms with E-state index >= 15 is 0 Å². The summed E-state index contributed by atoms with van der Waals surface area (Å²) in [7, 11) is 0. The highest BCUT2D eigenvalue weighted by Gasteiger charge is 2.23. The number of carbonyl (C=O) groups is 1. The number of anilines is 2. The second-order valence-corrected chi connectivity index (χ2v) is 6.31. The van der Waals surface area contributed by atoms with Crippen LogP contribution in [0.25, 0.3) is 0 Å². The van der Waals surface area contributed by atoms with Crippen molar-refractivity contribution in [3.8, 4) is 0 Å². The number of hydrogen-bond acceptors (Lipinski definition) is 2. The Hall–Kier alpha value is -1.81. The van der Waals surface area contributed by atoms with Crippen LogP contribution in [0.4, 0.5) is 11.4 Å². The van der Waals surface area contributed by atoms with Crippen molar-refractivity contribution in [3.63, 3.8) is 0 Å². The topological polar surface area (TPSA) is 41.1 Å². The number of aryl methyl sites for hydroxylation is 2. The zero-order valence-corrected chi connectivity index (χ0v) is 13.4. The number of amides is 1. The van der Waals surface area contributed by atoms with Crippen LogP contribution in [-0.4, -0.2) is 11.9 Å². The number of carbonyl (C=O) groups excluding carboxylic acids is 1. The molecule has 2 aromatic rings. The average Bonchev–Trinajstić information content (AvgIpc) is 2.58. The van der Waals surface area contributed by atoms with Crippen molar-refractivity contribution >= 4 is 33.2 Å².